The van der Waals surface area contributed by atoms with E-state index in [2.05, 4.69) is 52.0 Å². The van der Waals surface area contributed by atoms with Gasteiger partial charge < -0.3 is 0 Å². The molecule has 0 spiro atoms. The van der Waals surface area contributed by atoms with Crippen LogP contribution in [-0.4, -0.2) is 5.75 Å². The SMILES string of the molecule is Brc1cccc(CSCC2CCCC2)c1. The van der Waals surface area contributed by atoms with Crippen molar-refractivity contribution in [2.45, 2.75) is 31.4 Å². The second-order valence-corrected chi connectivity index (χ2v) is 6.24. The number of thioether (sulfide) groups is 1. The van der Waals surface area contributed by atoms with Gasteiger partial charge >= 0.3 is 0 Å². The molecule has 1 aromatic rings. The molecule has 1 saturated carbocycles. The zero-order valence-corrected chi connectivity index (χ0v) is 11.3. The Morgan fingerprint density at radius 3 is 2.80 bits per heavy atom. The van der Waals surface area contributed by atoms with Gasteiger partial charge in [-0.25, -0.2) is 0 Å². The maximum Gasteiger partial charge on any atom is 0.0185 e. The van der Waals surface area contributed by atoms with E-state index in [1.54, 1.807) is 0 Å². The second kappa shape index (κ2) is 5.95. The molecule has 0 bridgehead atoms. The van der Waals surface area contributed by atoms with E-state index in [9.17, 15) is 0 Å². The third kappa shape index (κ3) is 3.84. The van der Waals surface area contributed by atoms with Crippen molar-refractivity contribution in [3.05, 3.63) is 34.3 Å². The summed E-state index contributed by atoms with van der Waals surface area (Å²) in [6, 6.07) is 8.65. The Kier molecular flexibility index (Phi) is 4.58. The number of hydrogen-bond donors (Lipinski definition) is 0. The predicted molar refractivity (Wildman–Crippen MR) is 72.3 cm³/mol. The maximum absolute atomic E-state index is 3.51. The first-order valence-electron chi connectivity index (χ1n) is 5.67. The lowest BCUT2D eigenvalue weighted by atomic mass is 10.1. The molecule has 0 aromatic heterocycles. The Labute approximate surface area is 105 Å². The van der Waals surface area contributed by atoms with Gasteiger partial charge in [-0.1, -0.05) is 40.9 Å². The lowest BCUT2D eigenvalue weighted by Gasteiger charge is -2.08. The van der Waals surface area contributed by atoms with Gasteiger partial charge in [0.05, 0.1) is 0 Å². The van der Waals surface area contributed by atoms with Gasteiger partial charge in [0, 0.05) is 10.2 Å². The van der Waals surface area contributed by atoms with E-state index < -0.39 is 0 Å². The van der Waals surface area contributed by atoms with Crippen molar-refractivity contribution in [3.8, 4) is 0 Å². The Hall–Kier alpha value is 0.0500. The molecule has 2 rings (SSSR count). The van der Waals surface area contributed by atoms with Gasteiger partial charge in [0.1, 0.15) is 0 Å². The first-order valence-corrected chi connectivity index (χ1v) is 7.61. The predicted octanol–water partition coefficient (Wildman–Crippen LogP) is 4.87. The monoisotopic (exact) mass is 284 g/mol. The van der Waals surface area contributed by atoms with Gasteiger partial charge in [0.2, 0.25) is 0 Å². The molecule has 1 aliphatic carbocycles. The summed E-state index contributed by atoms with van der Waals surface area (Å²) in [4.78, 5) is 0. The first-order chi connectivity index (χ1) is 7.34. The molecular weight excluding hydrogens is 268 g/mol. The van der Waals surface area contributed by atoms with Crippen LogP contribution in [0, 0.1) is 5.92 Å². The van der Waals surface area contributed by atoms with Crippen molar-refractivity contribution in [3.63, 3.8) is 0 Å². The molecule has 0 aliphatic heterocycles. The fraction of sp³-hybridized carbons (Fsp3) is 0.538. The molecule has 1 aromatic carbocycles. The van der Waals surface area contributed by atoms with Crippen LogP contribution < -0.4 is 0 Å². The molecule has 1 fully saturated rings. The average Bonchev–Trinajstić information content (AvgIpc) is 2.71. The fourth-order valence-electron chi connectivity index (χ4n) is 2.15. The lowest BCUT2D eigenvalue weighted by Crippen LogP contribution is -1.96. The smallest absolute Gasteiger partial charge is 0.0185 e. The van der Waals surface area contributed by atoms with Crippen molar-refractivity contribution in [1.29, 1.82) is 0 Å². The second-order valence-electron chi connectivity index (χ2n) is 4.30. The van der Waals surface area contributed by atoms with E-state index in [-0.39, 0.29) is 0 Å². The largest absolute Gasteiger partial charge is 0.157 e. The van der Waals surface area contributed by atoms with E-state index in [1.807, 2.05) is 0 Å². The topological polar surface area (TPSA) is 0 Å². The number of hydrogen-bond acceptors (Lipinski definition) is 1. The van der Waals surface area contributed by atoms with Crippen LogP contribution in [0.4, 0.5) is 0 Å². The van der Waals surface area contributed by atoms with Gasteiger partial charge in [-0.05, 0) is 42.2 Å². The molecule has 0 unspecified atom stereocenters. The van der Waals surface area contributed by atoms with Crippen LogP contribution in [0.3, 0.4) is 0 Å². The van der Waals surface area contributed by atoms with Crippen LogP contribution in [0.15, 0.2) is 28.7 Å². The molecule has 0 heterocycles. The van der Waals surface area contributed by atoms with E-state index in [4.69, 9.17) is 0 Å². The number of halogens is 1. The quantitative estimate of drug-likeness (QED) is 0.760. The summed E-state index contributed by atoms with van der Waals surface area (Å²) in [6.07, 6.45) is 5.85. The van der Waals surface area contributed by atoms with Gasteiger partial charge in [-0.15, -0.1) is 0 Å². The molecule has 82 valence electrons. The Balaban J connectivity index is 1.73. The minimum atomic E-state index is 1.00. The van der Waals surface area contributed by atoms with Gasteiger partial charge in [0.15, 0.2) is 0 Å². The molecular formula is C13H17BrS. The summed E-state index contributed by atoms with van der Waals surface area (Å²) in [5.74, 6) is 3.52. The van der Waals surface area contributed by atoms with Crippen LogP contribution in [0.5, 0.6) is 0 Å². The highest BCUT2D eigenvalue weighted by molar-refractivity contribution is 9.10. The highest BCUT2D eigenvalue weighted by atomic mass is 79.9. The Morgan fingerprint density at radius 2 is 2.07 bits per heavy atom. The average molecular weight is 285 g/mol. The van der Waals surface area contributed by atoms with Gasteiger partial charge in [0.25, 0.3) is 0 Å². The zero-order valence-electron chi connectivity index (χ0n) is 8.92. The molecule has 0 nitrogen and oxygen atoms in total. The van der Waals surface area contributed by atoms with Crippen molar-refractivity contribution in [1.82, 2.24) is 0 Å². The molecule has 0 atom stereocenters. The standard InChI is InChI=1S/C13H17BrS/c14-13-7-3-6-12(8-13)10-15-9-11-4-1-2-5-11/h3,6-8,11H,1-2,4-5,9-10H2. The maximum atomic E-state index is 3.51. The van der Waals surface area contributed by atoms with Gasteiger partial charge in [-0.2, -0.15) is 11.8 Å². The summed E-state index contributed by atoms with van der Waals surface area (Å²) in [6.45, 7) is 0. The van der Waals surface area contributed by atoms with Crippen LogP contribution in [-0.2, 0) is 5.75 Å². The minimum absolute atomic E-state index is 1.00. The molecule has 0 amide bonds. The molecule has 1 aliphatic rings. The van der Waals surface area contributed by atoms with Crippen LogP contribution in [0.1, 0.15) is 31.2 Å². The minimum Gasteiger partial charge on any atom is -0.157 e. The molecule has 0 N–H and O–H groups in total. The summed E-state index contributed by atoms with van der Waals surface area (Å²) in [7, 11) is 0. The van der Waals surface area contributed by atoms with E-state index in [1.165, 1.54) is 41.5 Å². The number of benzene rings is 1. The molecule has 15 heavy (non-hydrogen) atoms. The summed E-state index contributed by atoms with van der Waals surface area (Å²) < 4.78 is 1.20. The first kappa shape index (κ1) is 11.5. The number of rotatable bonds is 4. The molecule has 2 heteroatoms. The van der Waals surface area contributed by atoms with Crippen molar-refractivity contribution >= 4 is 27.7 Å². The summed E-state index contributed by atoms with van der Waals surface area (Å²) in [5, 5.41) is 0. The van der Waals surface area contributed by atoms with Crippen LogP contribution in [0.2, 0.25) is 0 Å². The highest BCUT2D eigenvalue weighted by Crippen LogP contribution is 2.29. The Bertz CT molecular complexity index is 305. The molecule has 0 radical (unpaired) electrons. The third-order valence-electron chi connectivity index (χ3n) is 2.99. The van der Waals surface area contributed by atoms with Gasteiger partial charge in [-0.3, -0.25) is 0 Å². The van der Waals surface area contributed by atoms with E-state index in [0.717, 1.165) is 11.7 Å². The van der Waals surface area contributed by atoms with Crippen LogP contribution >= 0.6 is 27.7 Å². The highest BCUT2D eigenvalue weighted by Gasteiger charge is 2.14. The fourth-order valence-corrected chi connectivity index (χ4v) is 3.79. The Morgan fingerprint density at radius 1 is 1.27 bits per heavy atom. The third-order valence-corrected chi connectivity index (χ3v) is 4.72. The van der Waals surface area contributed by atoms with Crippen molar-refractivity contribution < 1.29 is 0 Å². The molecule has 0 saturated heterocycles. The van der Waals surface area contributed by atoms with Crippen molar-refractivity contribution in [2.75, 3.05) is 5.75 Å². The van der Waals surface area contributed by atoms with E-state index in [0.29, 0.717) is 0 Å². The summed E-state index contributed by atoms with van der Waals surface area (Å²) >= 11 is 5.60. The van der Waals surface area contributed by atoms with Crippen molar-refractivity contribution in [2.24, 2.45) is 5.92 Å². The van der Waals surface area contributed by atoms with E-state index >= 15 is 0 Å². The normalized spacial score (nSPS) is 17.1. The summed E-state index contributed by atoms with van der Waals surface area (Å²) in [5.41, 5.74) is 1.44. The van der Waals surface area contributed by atoms with Crippen LogP contribution in [0.25, 0.3) is 0 Å². The lowest BCUT2D eigenvalue weighted by molar-refractivity contribution is 0.623. The zero-order chi connectivity index (χ0) is 10.5.